The second-order valence-corrected chi connectivity index (χ2v) is 4.79. The zero-order valence-electron chi connectivity index (χ0n) is 9.37. The Hall–Kier alpha value is -1.09. The fourth-order valence-corrected chi connectivity index (χ4v) is 2.22. The highest BCUT2D eigenvalue weighted by Crippen LogP contribution is 2.19. The normalized spacial score (nSPS) is 11.5. The third-order valence-electron chi connectivity index (χ3n) is 2.54. The summed E-state index contributed by atoms with van der Waals surface area (Å²) in [5.74, 6) is 0.607. The molecule has 0 saturated heterocycles. The third kappa shape index (κ3) is 1.84. The summed E-state index contributed by atoms with van der Waals surface area (Å²) >= 11 is 5.34. The van der Waals surface area contributed by atoms with E-state index in [9.17, 15) is 0 Å². The van der Waals surface area contributed by atoms with Crippen LogP contribution in [0, 0.1) is 17.6 Å². The number of benzene rings is 1. The fraction of sp³-hybridized carbons (Fsp3) is 0.417. The lowest BCUT2D eigenvalue weighted by Crippen LogP contribution is -2.04. The smallest absolute Gasteiger partial charge is 0.178 e. The Morgan fingerprint density at radius 1 is 1.40 bits per heavy atom. The molecule has 0 spiro atoms. The zero-order chi connectivity index (χ0) is 11.0. The molecule has 0 atom stereocenters. The molecule has 1 aromatic heterocycles. The van der Waals surface area contributed by atoms with Crippen LogP contribution in [0.4, 0.5) is 0 Å². The Balaban J connectivity index is 2.71. The molecular formula is C12H16N2S. The first-order valence-corrected chi connectivity index (χ1v) is 5.68. The van der Waals surface area contributed by atoms with Crippen LogP contribution in [0.2, 0.25) is 0 Å². The molecule has 1 aromatic carbocycles. The maximum absolute atomic E-state index is 5.34. The lowest BCUT2D eigenvalue weighted by Gasteiger charge is -2.08. The van der Waals surface area contributed by atoms with Gasteiger partial charge in [-0.3, -0.25) is 0 Å². The summed E-state index contributed by atoms with van der Waals surface area (Å²) < 4.78 is 3.03. The van der Waals surface area contributed by atoms with Crippen molar-refractivity contribution >= 4 is 23.3 Å². The van der Waals surface area contributed by atoms with Crippen molar-refractivity contribution < 1.29 is 0 Å². The Kier molecular flexibility index (Phi) is 2.65. The summed E-state index contributed by atoms with van der Waals surface area (Å²) in [5.41, 5.74) is 3.66. The Labute approximate surface area is 94.9 Å². The molecule has 1 N–H and O–H groups in total. The number of rotatable bonds is 2. The molecule has 1 heterocycles. The third-order valence-corrected chi connectivity index (χ3v) is 2.86. The predicted octanol–water partition coefficient (Wildman–Crippen LogP) is 3.66. The first-order chi connectivity index (χ1) is 7.09. The van der Waals surface area contributed by atoms with Crippen LogP contribution in [-0.2, 0) is 6.54 Å². The minimum absolute atomic E-state index is 0.607. The van der Waals surface area contributed by atoms with E-state index in [-0.39, 0.29) is 0 Å². The monoisotopic (exact) mass is 220 g/mol. The molecule has 3 heteroatoms. The highest BCUT2D eigenvalue weighted by atomic mass is 32.1. The summed E-state index contributed by atoms with van der Waals surface area (Å²) in [6.45, 7) is 7.52. The molecule has 0 aliphatic rings. The number of aromatic nitrogens is 2. The number of H-pyrrole nitrogens is 1. The van der Waals surface area contributed by atoms with Crippen molar-refractivity contribution in [1.82, 2.24) is 9.55 Å². The Morgan fingerprint density at radius 3 is 2.80 bits per heavy atom. The van der Waals surface area contributed by atoms with Gasteiger partial charge in [0.1, 0.15) is 0 Å². The Morgan fingerprint density at radius 2 is 2.13 bits per heavy atom. The molecule has 0 bridgehead atoms. The zero-order valence-corrected chi connectivity index (χ0v) is 10.2. The van der Waals surface area contributed by atoms with E-state index in [2.05, 4.69) is 48.5 Å². The van der Waals surface area contributed by atoms with E-state index >= 15 is 0 Å². The molecule has 0 saturated carbocycles. The van der Waals surface area contributed by atoms with E-state index in [1.807, 2.05) is 0 Å². The SMILES string of the molecule is Cc1cccc2[nH]c(=S)n(CC(C)C)c12. The number of fused-ring (bicyclic) bond motifs is 1. The molecule has 0 aliphatic carbocycles. The van der Waals surface area contributed by atoms with E-state index < -0.39 is 0 Å². The topological polar surface area (TPSA) is 20.7 Å². The lowest BCUT2D eigenvalue weighted by atomic mass is 10.2. The summed E-state index contributed by atoms with van der Waals surface area (Å²) in [5, 5.41) is 0. The first kappa shape index (κ1) is 10.4. The minimum Gasteiger partial charge on any atom is -0.331 e. The number of nitrogens with one attached hydrogen (secondary N) is 1. The van der Waals surface area contributed by atoms with Crippen molar-refractivity contribution in [1.29, 1.82) is 0 Å². The maximum Gasteiger partial charge on any atom is 0.178 e. The number of aromatic amines is 1. The second kappa shape index (κ2) is 3.81. The van der Waals surface area contributed by atoms with Crippen LogP contribution in [0.5, 0.6) is 0 Å². The van der Waals surface area contributed by atoms with Crippen LogP contribution in [-0.4, -0.2) is 9.55 Å². The van der Waals surface area contributed by atoms with Gasteiger partial charge in [-0.25, -0.2) is 0 Å². The molecule has 0 amide bonds. The van der Waals surface area contributed by atoms with Crippen molar-refractivity contribution in [2.45, 2.75) is 27.3 Å². The van der Waals surface area contributed by atoms with Crippen LogP contribution in [0.15, 0.2) is 18.2 Å². The summed E-state index contributed by atoms with van der Waals surface area (Å²) in [6, 6.07) is 6.26. The van der Waals surface area contributed by atoms with Crippen LogP contribution in [0.25, 0.3) is 11.0 Å². The van der Waals surface area contributed by atoms with E-state index in [4.69, 9.17) is 12.2 Å². The number of hydrogen-bond acceptors (Lipinski definition) is 1. The number of hydrogen-bond donors (Lipinski definition) is 1. The van der Waals surface area contributed by atoms with Gasteiger partial charge in [-0.05, 0) is 36.7 Å². The summed E-state index contributed by atoms with van der Waals surface area (Å²) in [7, 11) is 0. The van der Waals surface area contributed by atoms with Crippen molar-refractivity contribution in [3.63, 3.8) is 0 Å². The van der Waals surface area contributed by atoms with Gasteiger partial charge >= 0.3 is 0 Å². The summed E-state index contributed by atoms with van der Waals surface area (Å²) in [4.78, 5) is 3.25. The largest absolute Gasteiger partial charge is 0.331 e. The second-order valence-electron chi connectivity index (χ2n) is 4.41. The fourth-order valence-electron chi connectivity index (χ4n) is 1.94. The molecule has 2 rings (SSSR count). The van der Waals surface area contributed by atoms with Crippen LogP contribution in [0.1, 0.15) is 19.4 Å². The van der Waals surface area contributed by atoms with Crippen LogP contribution < -0.4 is 0 Å². The molecule has 2 aromatic rings. The standard InChI is InChI=1S/C12H16N2S/c1-8(2)7-14-11-9(3)5-4-6-10(11)13-12(14)15/h4-6,8H,7H2,1-3H3,(H,13,15). The highest BCUT2D eigenvalue weighted by molar-refractivity contribution is 7.71. The van der Waals surface area contributed by atoms with Gasteiger partial charge in [0.05, 0.1) is 11.0 Å². The van der Waals surface area contributed by atoms with E-state index in [1.54, 1.807) is 0 Å². The number of para-hydroxylation sites is 1. The molecule has 2 nitrogen and oxygen atoms in total. The molecule has 0 radical (unpaired) electrons. The molecule has 0 aliphatic heterocycles. The number of aryl methyl sites for hydroxylation is 1. The maximum atomic E-state index is 5.34. The van der Waals surface area contributed by atoms with Gasteiger partial charge in [0.25, 0.3) is 0 Å². The van der Waals surface area contributed by atoms with Gasteiger partial charge in [-0.2, -0.15) is 0 Å². The van der Waals surface area contributed by atoms with Crippen molar-refractivity contribution in [3.8, 4) is 0 Å². The van der Waals surface area contributed by atoms with Crippen LogP contribution in [0.3, 0.4) is 0 Å². The molecule has 0 unspecified atom stereocenters. The van der Waals surface area contributed by atoms with Crippen LogP contribution >= 0.6 is 12.2 Å². The first-order valence-electron chi connectivity index (χ1n) is 5.27. The van der Waals surface area contributed by atoms with Crippen molar-refractivity contribution in [2.75, 3.05) is 0 Å². The minimum atomic E-state index is 0.607. The molecular weight excluding hydrogens is 204 g/mol. The van der Waals surface area contributed by atoms with E-state index in [0.717, 1.165) is 16.8 Å². The van der Waals surface area contributed by atoms with Gasteiger partial charge < -0.3 is 9.55 Å². The highest BCUT2D eigenvalue weighted by Gasteiger charge is 2.07. The Bertz CT molecular complexity index is 534. The molecule has 15 heavy (non-hydrogen) atoms. The molecule has 80 valence electrons. The van der Waals surface area contributed by atoms with Gasteiger partial charge in [0, 0.05) is 6.54 Å². The number of imidazole rings is 1. The predicted molar refractivity (Wildman–Crippen MR) is 66.7 cm³/mol. The van der Waals surface area contributed by atoms with Gasteiger partial charge in [-0.15, -0.1) is 0 Å². The average Bonchev–Trinajstić information content (AvgIpc) is 2.43. The lowest BCUT2D eigenvalue weighted by molar-refractivity contribution is 0.528. The average molecular weight is 220 g/mol. The number of nitrogens with zero attached hydrogens (tertiary/aromatic N) is 1. The van der Waals surface area contributed by atoms with Gasteiger partial charge in [0.2, 0.25) is 0 Å². The van der Waals surface area contributed by atoms with E-state index in [0.29, 0.717) is 5.92 Å². The summed E-state index contributed by atoms with van der Waals surface area (Å²) in [6.07, 6.45) is 0. The van der Waals surface area contributed by atoms with Gasteiger partial charge in [0.15, 0.2) is 4.77 Å². The molecule has 0 fully saturated rings. The van der Waals surface area contributed by atoms with Crippen molar-refractivity contribution in [2.24, 2.45) is 5.92 Å². The van der Waals surface area contributed by atoms with E-state index in [1.165, 1.54) is 11.1 Å². The van der Waals surface area contributed by atoms with Crippen molar-refractivity contribution in [3.05, 3.63) is 28.5 Å². The quantitative estimate of drug-likeness (QED) is 0.766. The van der Waals surface area contributed by atoms with Gasteiger partial charge in [-0.1, -0.05) is 26.0 Å².